The van der Waals surface area contributed by atoms with Gasteiger partial charge in [0, 0.05) is 12.5 Å². The van der Waals surface area contributed by atoms with E-state index in [2.05, 4.69) is 50.0 Å². The summed E-state index contributed by atoms with van der Waals surface area (Å²) in [4.78, 5) is 0. The van der Waals surface area contributed by atoms with Gasteiger partial charge in [0.05, 0.1) is 35.7 Å². The van der Waals surface area contributed by atoms with E-state index in [9.17, 15) is 21.6 Å². The Bertz CT molecular complexity index is 1300. The molecule has 5 rings (SSSR count). The summed E-state index contributed by atoms with van der Waals surface area (Å²) in [6, 6.07) is 15.4. The van der Waals surface area contributed by atoms with E-state index in [1.54, 1.807) is 6.92 Å². The maximum absolute atomic E-state index is 13.2. The highest BCUT2D eigenvalue weighted by molar-refractivity contribution is 7.94. The quantitative estimate of drug-likeness (QED) is 0.387. The smallest absolute Gasteiger partial charge is 0.269 e. The lowest BCUT2D eigenvalue weighted by molar-refractivity contribution is -0.137. The first-order valence-electron chi connectivity index (χ1n) is 11.6. The van der Waals surface area contributed by atoms with Gasteiger partial charge in [0.25, 0.3) is 0 Å². The lowest BCUT2D eigenvalue weighted by atomic mass is 9.83. The standard InChI is InChI=1S/C17H15F3N2O2S.C9H14Si/c1-16-12-4-2-10(6-12)15(16)9-22(25(16,23)24)13-5-3-11(8-21)14(7-13)17(18,19)20;1-10(2,3)9-7-5-4-6-8-9/h2-5,7,10,12,15H,6,9H2,1H3;4-8H,1-3H3/t10-,12+,15-,16+;/m0./s1. The van der Waals surface area contributed by atoms with Gasteiger partial charge in [-0.1, -0.05) is 67.3 Å². The van der Waals surface area contributed by atoms with Gasteiger partial charge in [-0.2, -0.15) is 18.4 Å². The molecule has 2 aromatic rings. The van der Waals surface area contributed by atoms with Gasteiger partial charge in [0.15, 0.2) is 0 Å². The maximum Gasteiger partial charge on any atom is 0.417 e. The molecule has 1 saturated heterocycles. The van der Waals surface area contributed by atoms with Crippen molar-refractivity contribution in [2.24, 2.45) is 17.8 Å². The molecule has 0 amide bonds. The van der Waals surface area contributed by atoms with Crippen molar-refractivity contribution in [2.45, 2.75) is 43.9 Å². The number of halogens is 3. The Balaban J connectivity index is 0.000000243. The largest absolute Gasteiger partial charge is 0.417 e. The minimum absolute atomic E-state index is 0.0265. The van der Waals surface area contributed by atoms with E-state index in [4.69, 9.17) is 5.26 Å². The van der Waals surface area contributed by atoms with Crippen LogP contribution >= 0.6 is 0 Å². The summed E-state index contributed by atoms with van der Waals surface area (Å²) >= 11 is 0. The second-order valence-corrected chi connectivity index (χ2v) is 18.0. The molecule has 1 aliphatic heterocycles. The van der Waals surface area contributed by atoms with Crippen LogP contribution in [0.25, 0.3) is 0 Å². The summed E-state index contributed by atoms with van der Waals surface area (Å²) in [6.45, 7) is 8.97. The molecule has 2 aliphatic carbocycles. The summed E-state index contributed by atoms with van der Waals surface area (Å²) in [7, 11) is -4.83. The van der Waals surface area contributed by atoms with Crippen molar-refractivity contribution in [1.29, 1.82) is 5.26 Å². The van der Waals surface area contributed by atoms with Gasteiger partial charge in [-0.15, -0.1) is 0 Å². The molecule has 0 unspecified atom stereocenters. The highest BCUT2D eigenvalue weighted by Gasteiger charge is 2.66. The van der Waals surface area contributed by atoms with Gasteiger partial charge in [0.2, 0.25) is 10.0 Å². The first-order chi connectivity index (χ1) is 16.2. The minimum atomic E-state index is -4.72. The van der Waals surface area contributed by atoms with Crippen LogP contribution < -0.4 is 9.49 Å². The van der Waals surface area contributed by atoms with E-state index in [0.29, 0.717) is 0 Å². The number of benzene rings is 2. The van der Waals surface area contributed by atoms with Crippen LogP contribution in [-0.4, -0.2) is 27.8 Å². The monoisotopic (exact) mass is 518 g/mol. The second kappa shape index (κ2) is 8.52. The molecular formula is C26H29F3N2O2SSi. The van der Waals surface area contributed by atoms with Crippen molar-refractivity contribution < 1.29 is 21.6 Å². The first-order valence-corrected chi connectivity index (χ1v) is 16.5. The molecule has 35 heavy (non-hydrogen) atoms. The molecule has 2 aromatic carbocycles. The third-order valence-electron chi connectivity index (χ3n) is 7.67. The summed E-state index contributed by atoms with van der Waals surface area (Å²) in [5.41, 5.74) is -1.65. The zero-order chi connectivity index (χ0) is 25.8. The molecule has 0 aromatic heterocycles. The maximum atomic E-state index is 13.2. The average molecular weight is 519 g/mol. The number of hydrogen-bond donors (Lipinski definition) is 0. The van der Waals surface area contributed by atoms with Crippen LogP contribution in [0.3, 0.4) is 0 Å². The lowest BCUT2D eigenvalue weighted by Crippen LogP contribution is -2.43. The van der Waals surface area contributed by atoms with Crippen LogP contribution in [0.2, 0.25) is 19.6 Å². The fraction of sp³-hybridized carbons (Fsp3) is 0.423. The molecule has 4 nitrogen and oxygen atoms in total. The number of nitrogens with zero attached hydrogens (tertiary/aromatic N) is 2. The van der Waals surface area contributed by atoms with Gasteiger partial charge in [-0.25, -0.2) is 8.42 Å². The van der Waals surface area contributed by atoms with Gasteiger partial charge in [-0.3, -0.25) is 4.31 Å². The van der Waals surface area contributed by atoms with E-state index < -0.39 is 40.1 Å². The number of anilines is 1. The van der Waals surface area contributed by atoms with E-state index in [0.717, 1.165) is 22.9 Å². The number of hydrogen-bond acceptors (Lipinski definition) is 3. The number of allylic oxidation sites excluding steroid dienone is 2. The molecule has 2 bridgehead atoms. The Kier molecular flexibility index (Phi) is 6.21. The van der Waals surface area contributed by atoms with E-state index in [-0.39, 0.29) is 30.0 Å². The summed E-state index contributed by atoms with van der Waals surface area (Å²) in [5, 5.41) is 10.4. The third kappa shape index (κ3) is 4.21. The highest BCUT2D eigenvalue weighted by Crippen LogP contribution is 2.59. The van der Waals surface area contributed by atoms with Gasteiger partial charge in [0.1, 0.15) is 0 Å². The number of fused-ring (bicyclic) bond motifs is 5. The highest BCUT2D eigenvalue weighted by atomic mass is 32.2. The Labute approximate surface area is 206 Å². The molecule has 0 spiro atoms. The number of rotatable bonds is 2. The molecule has 0 N–H and O–H groups in total. The summed E-state index contributed by atoms with van der Waals surface area (Å²) in [5.74, 6) is -0.0781. The normalized spacial score (nSPS) is 28.3. The predicted molar refractivity (Wildman–Crippen MR) is 134 cm³/mol. The zero-order valence-corrected chi connectivity index (χ0v) is 22.0. The third-order valence-corrected chi connectivity index (χ3v) is 12.4. The predicted octanol–water partition coefficient (Wildman–Crippen LogP) is 5.54. The molecule has 9 heteroatoms. The van der Waals surface area contributed by atoms with Crippen LogP contribution in [0, 0.1) is 29.1 Å². The molecule has 4 atom stereocenters. The average Bonchev–Trinajstić information content (AvgIpc) is 3.44. The van der Waals surface area contributed by atoms with Crippen LogP contribution in [0.1, 0.15) is 24.5 Å². The Morgan fingerprint density at radius 2 is 1.74 bits per heavy atom. The van der Waals surface area contributed by atoms with Crippen molar-refractivity contribution in [3.63, 3.8) is 0 Å². The van der Waals surface area contributed by atoms with E-state index in [1.165, 1.54) is 17.3 Å². The summed E-state index contributed by atoms with van der Waals surface area (Å²) in [6.07, 6.45) is 0.0124. The lowest BCUT2D eigenvalue weighted by Gasteiger charge is -2.30. The fourth-order valence-electron chi connectivity index (χ4n) is 5.57. The topological polar surface area (TPSA) is 61.2 Å². The SMILES string of the molecule is C[C@@]12[C@@H]3C=C[C@@H](C3)[C@@H]1CN(c1ccc(C#N)c(C(F)(F)F)c1)S2(=O)=O.C[Si](C)(C)c1ccccc1. The second-order valence-electron chi connectivity index (χ2n) is 10.7. The summed E-state index contributed by atoms with van der Waals surface area (Å²) < 4.78 is 66.0. The number of alkyl halides is 3. The van der Waals surface area contributed by atoms with Crippen LogP contribution in [-0.2, 0) is 16.2 Å². The minimum Gasteiger partial charge on any atom is -0.269 e. The molecule has 1 heterocycles. The fourth-order valence-corrected chi connectivity index (χ4v) is 9.17. The zero-order valence-electron chi connectivity index (χ0n) is 20.2. The van der Waals surface area contributed by atoms with Crippen molar-refractivity contribution in [2.75, 3.05) is 10.8 Å². The van der Waals surface area contributed by atoms with Crippen molar-refractivity contribution in [3.8, 4) is 6.07 Å². The number of sulfonamides is 1. The van der Waals surface area contributed by atoms with Crippen molar-refractivity contribution in [3.05, 3.63) is 71.8 Å². The van der Waals surface area contributed by atoms with Gasteiger partial charge < -0.3 is 0 Å². The Morgan fingerprint density at radius 1 is 1.09 bits per heavy atom. The van der Waals surface area contributed by atoms with Crippen LogP contribution in [0.5, 0.6) is 0 Å². The van der Waals surface area contributed by atoms with E-state index in [1.807, 2.05) is 12.2 Å². The van der Waals surface area contributed by atoms with Gasteiger partial charge >= 0.3 is 6.18 Å². The van der Waals surface area contributed by atoms with Crippen molar-refractivity contribution >= 4 is 29.0 Å². The molecule has 3 aliphatic rings. The molecule has 1 saturated carbocycles. The van der Waals surface area contributed by atoms with E-state index >= 15 is 0 Å². The van der Waals surface area contributed by atoms with Gasteiger partial charge in [-0.05, 0) is 43.4 Å². The Morgan fingerprint density at radius 3 is 2.26 bits per heavy atom. The van der Waals surface area contributed by atoms with Crippen LogP contribution in [0.15, 0.2) is 60.7 Å². The van der Waals surface area contributed by atoms with Crippen molar-refractivity contribution in [1.82, 2.24) is 0 Å². The molecular weight excluding hydrogens is 489 g/mol. The Hall–Kier alpha value is -2.57. The number of nitriles is 1. The molecule has 0 radical (unpaired) electrons. The first kappa shape index (κ1) is 25.5. The van der Waals surface area contributed by atoms with Crippen LogP contribution in [0.4, 0.5) is 18.9 Å². The molecule has 186 valence electrons. The molecule has 2 fully saturated rings.